The first-order valence-corrected chi connectivity index (χ1v) is 9.54. The minimum absolute atomic E-state index is 0.00589. The number of amides is 1. The van der Waals surface area contributed by atoms with Crippen LogP contribution in [0.5, 0.6) is 5.75 Å². The molecule has 0 aliphatic rings. The van der Waals surface area contributed by atoms with Gasteiger partial charge in [-0.15, -0.1) is 0 Å². The Morgan fingerprint density at radius 1 is 1.07 bits per heavy atom. The van der Waals surface area contributed by atoms with Gasteiger partial charge in [0.15, 0.2) is 5.11 Å². The molecule has 0 unspecified atom stereocenters. The van der Waals surface area contributed by atoms with Crippen LogP contribution in [0.1, 0.15) is 15.9 Å². The minimum atomic E-state index is -0.553. The number of carbonyl (C=O) groups is 1. The van der Waals surface area contributed by atoms with Crippen LogP contribution >= 0.6 is 23.8 Å². The van der Waals surface area contributed by atoms with Crippen LogP contribution in [-0.2, 0) is 6.61 Å². The predicted molar refractivity (Wildman–Crippen MR) is 119 cm³/mol. The molecule has 7 nitrogen and oxygen atoms in total. The van der Waals surface area contributed by atoms with E-state index in [9.17, 15) is 14.9 Å². The highest BCUT2D eigenvalue weighted by Gasteiger charge is 2.13. The van der Waals surface area contributed by atoms with Gasteiger partial charge in [0.25, 0.3) is 11.6 Å². The van der Waals surface area contributed by atoms with Gasteiger partial charge in [0, 0.05) is 17.7 Å². The Morgan fingerprint density at radius 3 is 2.53 bits per heavy atom. The van der Waals surface area contributed by atoms with Gasteiger partial charge >= 0.3 is 0 Å². The summed E-state index contributed by atoms with van der Waals surface area (Å²) < 4.78 is 5.73. The van der Waals surface area contributed by atoms with E-state index < -0.39 is 10.8 Å². The number of nitrogens with one attached hydrogen (secondary N) is 2. The van der Waals surface area contributed by atoms with Gasteiger partial charge in [-0.1, -0.05) is 48.0 Å². The lowest BCUT2D eigenvalue weighted by Crippen LogP contribution is -2.34. The number of thiocarbonyl (C=S) groups is 1. The minimum Gasteiger partial charge on any atom is -0.489 e. The molecule has 3 aromatic rings. The molecule has 30 heavy (non-hydrogen) atoms. The molecule has 0 aliphatic carbocycles. The Morgan fingerprint density at radius 2 is 1.83 bits per heavy atom. The monoisotopic (exact) mass is 441 g/mol. The Bertz CT molecular complexity index is 1090. The number of benzene rings is 3. The van der Waals surface area contributed by atoms with Gasteiger partial charge < -0.3 is 10.1 Å². The lowest BCUT2D eigenvalue weighted by molar-refractivity contribution is -0.384. The molecule has 0 aromatic heterocycles. The van der Waals surface area contributed by atoms with Crippen molar-refractivity contribution in [3.05, 3.63) is 99.1 Å². The van der Waals surface area contributed by atoms with Crippen molar-refractivity contribution in [2.45, 2.75) is 6.61 Å². The normalized spacial score (nSPS) is 10.2. The maximum atomic E-state index is 12.5. The molecule has 0 saturated carbocycles. The number of non-ortho nitro benzene ring substituents is 1. The molecule has 9 heteroatoms. The molecule has 3 rings (SSSR count). The number of hydrogen-bond acceptors (Lipinski definition) is 5. The molecule has 152 valence electrons. The average Bonchev–Trinajstić information content (AvgIpc) is 2.74. The van der Waals surface area contributed by atoms with Crippen LogP contribution in [0.15, 0.2) is 72.8 Å². The van der Waals surface area contributed by atoms with Crippen molar-refractivity contribution in [1.29, 1.82) is 0 Å². The number of anilines is 1. The maximum Gasteiger partial charge on any atom is 0.271 e. The van der Waals surface area contributed by atoms with Crippen molar-refractivity contribution in [3.8, 4) is 5.75 Å². The van der Waals surface area contributed by atoms with Crippen LogP contribution in [0.25, 0.3) is 0 Å². The summed E-state index contributed by atoms with van der Waals surface area (Å²) >= 11 is 11.2. The third kappa shape index (κ3) is 5.76. The van der Waals surface area contributed by atoms with E-state index in [-0.39, 0.29) is 15.8 Å². The second-order valence-electron chi connectivity index (χ2n) is 6.13. The number of carbonyl (C=O) groups excluding carboxylic acids is 1. The van der Waals surface area contributed by atoms with E-state index in [4.69, 9.17) is 28.6 Å². The first-order chi connectivity index (χ1) is 14.4. The van der Waals surface area contributed by atoms with Crippen LogP contribution in [0.2, 0.25) is 5.02 Å². The Balaban J connectivity index is 1.60. The first-order valence-electron chi connectivity index (χ1n) is 8.75. The second kappa shape index (κ2) is 9.82. The van der Waals surface area contributed by atoms with Crippen LogP contribution < -0.4 is 15.4 Å². The van der Waals surface area contributed by atoms with Crippen molar-refractivity contribution in [2.75, 3.05) is 5.32 Å². The van der Waals surface area contributed by atoms with Crippen molar-refractivity contribution in [2.24, 2.45) is 0 Å². The van der Waals surface area contributed by atoms with E-state index in [1.54, 1.807) is 24.3 Å². The number of nitro groups is 1. The van der Waals surface area contributed by atoms with Crippen molar-refractivity contribution < 1.29 is 14.5 Å². The molecular formula is C21H16ClN3O4S. The van der Waals surface area contributed by atoms with Gasteiger partial charge in [-0.3, -0.25) is 20.2 Å². The van der Waals surface area contributed by atoms with Crippen LogP contribution in [-0.4, -0.2) is 15.9 Å². The van der Waals surface area contributed by atoms with Crippen LogP contribution in [0.3, 0.4) is 0 Å². The Hall–Kier alpha value is -3.49. The third-order valence-corrected chi connectivity index (χ3v) is 4.50. The molecular weight excluding hydrogens is 426 g/mol. The van der Waals surface area contributed by atoms with Gasteiger partial charge in [0.05, 0.1) is 15.6 Å². The SMILES string of the molecule is O=C(NC(=S)Nc1ccc([N+](=O)[O-])cc1Cl)c1cccc(OCc2ccccc2)c1. The summed E-state index contributed by atoms with van der Waals surface area (Å²) in [5, 5.41) is 16.2. The molecule has 0 saturated heterocycles. The lowest BCUT2D eigenvalue weighted by Gasteiger charge is -2.12. The number of rotatable bonds is 6. The van der Waals surface area contributed by atoms with Crippen LogP contribution in [0.4, 0.5) is 11.4 Å². The van der Waals surface area contributed by atoms with E-state index in [0.29, 0.717) is 23.6 Å². The average molecular weight is 442 g/mol. The molecule has 0 atom stereocenters. The molecule has 0 fully saturated rings. The Kier molecular flexibility index (Phi) is 6.95. The van der Waals surface area contributed by atoms with E-state index in [2.05, 4.69) is 10.6 Å². The van der Waals surface area contributed by atoms with Crippen molar-refractivity contribution >= 4 is 46.2 Å². The van der Waals surface area contributed by atoms with E-state index >= 15 is 0 Å². The summed E-state index contributed by atoms with van der Waals surface area (Å²) in [6.45, 7) is 0.379. The summed E-state index contributed by atoms with van der Waals surface area (Å²) in [7, 11) is 0. The maximum absolute atomic E-state index is 12.5. The van der Waals surface area contributed by atoms with Gasteiger partial charge in [-0.25, -0.2) is 0 Å². The smallest absolute Gasteiger partial charge is 0.271 e. The van der Waals surface area contributed by atoms with Crippen LogP contribution in [0, 0.1) is 10.1 Å². The van der Waals surface area contributed by atoms with Gasteiger partial charge in [-0.05, 0) is 42.0 Å². The zero-order valence-corrected chi connectivity index (χ0v) is 17.1. The van der Waals surface area contributed by atoms with Crippen molar-refractivity contribution in [3.63, 3.8) is 0 Å². The predicted octanol–water partition coefficient (Wildman–Crippen LogP) is 4.95. The van der Waals surface area contributed by atoms with Gasteiger partial charge in [-0.2, -0.15) is 0 Å². The van der Waals surface area contributed by atoms with E-state index in [1.807, 2.05) is 30.3 Å². The molecule has 0 bridgehead atoms. The highest BCUT2D eigenvalue weighted by molar-refractivity contribution is 7.80. The van der Waals surface area contributed by atoms with Gasteiger partial charge in [0.2, 0.25) is 0 Å². The molecule has 3 aromatic carbocycles. The van der Waals surface area contributed by atoms with Gasteiger partial charge in [0.1, 0.15) is 12.4 Å². The molecule has 0 radical (unpaired) electrons. The number of ether oxygens (including phenoxy) is 1. The summed E-state index contributed by atoms with van der Waals surface area (Å²) in [6, 6.07) is 20.3. The molecule has 0 aliphatic heterocycles. The molecule has 0 spiro atoms. The number of halogens is 1. The third-order valence-electron chi connectivity index (χ3n) is 3.98. The summed E-state index contributed by atoms with van der Waals surface area (Å²) in [6.07, 6.45) is 0. The fourth-order valence-electron chi connectivity index (χ4n) is 2.52. The zero-order valence-electron chi connectivity index (χ0n) is 15.5. The quantitative estimate of drug-likeness (QED) is 0.319. The topological polar surface area (TPSA) is 93.5 Å². The Labute approximate surface area is 182 Å². The summed E-state index contributed by atoms with van der Waals surface area (Å²) in [4.78, 5) is 22.7. The summed E-state index contributed by atoms with van der Waals surface area (Å²) in [5.41, 5.74) is 1.57. The highest BCUT2D eigenvalue weighted by Crippen LogP contribution is 2.26. The first kappa shape index (κ1) is 21.2. The largest absolute Gasteiger partial charge is 0.489 e. The number of nitro benzene ring substituents is 1. The number of hydrogen-bond donors (Lipinski definition) is 2. The lowest BCUT2D eigenvalue weighted by atomic mass is 10.2. The van der Waals surface area contributed by atoms with E-state index in [0.717, 1.165) is 5.56 Å². The molecule has 0 heterocycles. The van der Waals surface area contributed by atoms with Crippen molar-refractivity contribution in [1.82, 2.24) is 5.32 Å². The second-order valence-corrected chi connectivity index (χ2v) is 6.95. The number of nitrogens with zero attached hydrogens (tertiary/aromatic N) is 1. The zero-order chi connectivity index (χ0) is 21.5. The fourth-order valence-corrected chi connectivity index (χ4v) is 2.94. The highest BCUT2D eigenvalue weighted by atomic mass is 35.5. The fraction of sp³-hybridized carbons (Fsp3) is 0.0476. The standard InChI is InChI=1S/C21H16ClN3O4S/c22-18-12-16(25(27)28)9-10-19(18)23-21(30)24-20(26)15-7-4-8-17(11-15)29-13-14-5-2-1-3-6-14/h1-12H,13H2,(H2,23,24,26,30). The summed E-state index contributed by atoms with van der Waals surface area (Å²) in [5.74, 6) is 0.111. The van der Waals surface area contributed by atoms with E-state index in [1.165, 1.54) is 18.2 Å². The molecule has 1 amide bonds. The molecule has 2 N–H and O–H groups in total.